The first-order chi connectivity index (χ1) is 13.7. The molecule has 156 valence electrons. The first kappa shape index (κ1) is 22.1. The second kappa shape index (κ2) is 9.51. The topological polar surface area (TPSA) is 98.2 Å². The van der Waals surface area contributed by atoms with Crippen molar-refractivity contribution in [2.24, 2.45) is 5.92 Å². The van der Waals surface area contributed by atoms with E-state index in [4.69, 9.17) is 16.3 Å². The van der Waals surface area contributed by atoms with Gasteiger partial charge in [-0.1, -0.05) is 17.7 Å². The van der Waals surface area contributed by atoms with Crippen molar-refractivity contribution in [3.8, 4) is 0 Å². The number of benzene rings is 1. The average Bonchev–Trinajstić information content (AvgIpc) is 2.67. The number of sulfone groups is 1. The summed E-state index contributed by atoms with van der Waals surface area (Å²) in [6.45, 7) is 1.34. The van der Waals surface area contributed by atoms with Crippen LogP contribution in [-0.2, 0) is 19.4 Å². The minimum Gasteiger partial charge on any atom is -0.381 e. The molecule has 1 amide bonds. The number of carbonyl (C=O) groups excluding carboxylic acids is 1. The highest BCUT2D eigenvalue weighted by molar-refractivity contribution is 9.10. The van der Waals surface area contributed by atoms with Crippen LogP contribution >= 0.6 is 27.5 Å². The van der Waals surface area contributed by atoms with Crippen molar-refractivity contribution in [3.05, 3.63) is 45.8 Å². The fraction of sp³-hybridized carbons (Fsp3) is 0.421. The Kier molecular flexibility index (Phi) is 7.26. The van der Waals surface area contributed by atoms with Crippen molar-refractivity contribution in [2.75, 3.05) is 24.8 Å². The third-order valence-corrected chi connectivity index (χ3v) is 6.84. The van der Waals surface area contributed by atoms with Crippen molar-refractivity contribution >= 4 is 49.1 Å². The van der Waals surface area contributed by atoms with Crippen LogP contribution in [0.15, 0.2) is 40.1 Å². The van der Waals surface area contributed by atoms with E-state index in [0.29, 0.717) is 41.5 Å². The Hall–Kier alpha value is -1.55. The number of ether oxygens (including phenoxy) is 1. The number of anilines is 1. The summed E-state index contributed by atoms with van der Waals surface area (Å²) in [4.78, 5) is 21.3. The lowest BCUT2D eigenvalue weighted by Crippen LogP contribution is -2.26. The maximum atomic E-state index is 13.1. The van der Waals surface area contributed by atoms with Gasteiger partial charge in [0.1, 0.15) is 4.60 Å². The van der Waals surface area contributed by atoms with E-state index < -0.39 is 15.8 Å². The number of rotatable bonds is 6. The molecule has 1 fully saturated rings. The third-order valence-electron chi connectivity index (χ3n) is 4.86. The van der Waals surface area contributed by atoms with Gasteiger partial charge in [-0.3, -0.25) is 4.79 Å². The zero-order valence-electron chi connectivity index (χ0n) is 15.8. The fourth-order valence-electron chi connectivity index (χ4n) is 3.33. The molecule has 0 saturated carbocycles. The Labute approximate surface area is 183 Å². The lowest BCUT2D eigenvalue weighted by molar-refractivity contribution is -0.118. The highest BCUT2D eigenvalue weighted by Gasteiger charge is 2.27. The summed E-state index contributed by atoms with van der Waals surface area (Å²) in [5.74, 6) is -0.0798. The Bertz CT molecular complexity index is 979. The Balaban J connectivity index is 1.88. The van der Waals surface area contributed by atoms with Crippen molar-refractivity contribution < 1.29 is 17.9 Å². The molecule has 1 aromatic heterocycles. The minimum absolute atomic E-state index is 0.0481. The monoisotopic (exact) mass is 501 g/mol. The summed E-state index contributed by atoms with van der Waals surface area (Å²) in [5, 5.41) is 2.91. The molecule has 1 atom stereocenters. The second-order valence-electron chi connectivity index (χ2n) is 7.02. The van der Waals surface area contributed by atoms with Gasteiger partial charge in [-0.25, -0.2) is 18.4 Å². The van der Waals surface area contributed by atoms with Crippen LogP contribution in [0.3, 0.4) is 0 Å². The molecule has 1 N–H and O–H groups in total. The Morgan fingerprint density at radius 3 is 2.62 bits per heavy atom. The molecule has 0 spiro atoms. The molecule has 1 aromatic carbocycles. The van der Waals surface area contributed by atoms with Gasteiger partial charge in [-0.05, 0) is 58.8 Å². The lowest BCUT2D eigenvalue weighted by atomic mass is 9.84. The average molecular weight is 503 g/mol. The van der Waals surface area contributed by atoms with Crippen LogP contribution in [-0.4, -0.2) is 43.8 Å². The van der Waals surface area contributed by atoms with E-state index >= 15 is 0 Å². The highest BCUT2D eigenvalue weighted by Crippen LogP contribution is 2.33. The minimum atomic E-state index is -3.45. The van der Waals surface area contributed by atoms with Crippen LogP contribution in [0.5, 0.6) is 0 Å². The van der Waals surface area contributed by atoms with Gasteiger partial charge in [0.05, 0.1) is 28.2 Å². The molecule has 1 unspecified atom stereocenters. The molecule has 1 aliphatic heterocycles. The van der Waals surface area contributed by atoms with Crippen LogP contribution < -0.4 is 5.32 Å². The number of nitrogens with zero attached hydrogens (tertiary/aromatic N) is 2. The van der Waals surface area contributed by atoms with Gasteiger partial charge in [0, 0.05) is 19.5 Å². The zero-order valence-corrected chi connectivity index (χ0v) is 18.9. The normalized spacial score (nSPS) is 16.4. The van der Waals surface area contributed by atoms with E-state index in [-0.39, 0.29) is 15.8 Å². The molecule has 1 aliphatic rings. The molecule has 2 heterocycles. The molecule has 29 heavy (non-hydrogen) atoms. The second-order valence-corrected chi connectivity index (χ2v) is 10.2. The van der Waals surface area contributed by atoms with E-state index in [9.17, 15) is 13.2 Å². The van der Waals surface area contributed by atoms with E-state index in [1.54, 1.807) is 12.1 Å². The van der Waals surface area contributed by atoms with E-state index in [1.807, 2.05) is 0 Å². The van der Waals surface area contributed by atoms with Crippen LogP contribution in [0.25, 0.3) is 0 Å². The van der Waals surface area contributed by atoms with Gasteiger partial charge >= 0.3 is 0 Å². The van der Waals surface area contributed by atoms with Gasteiger partial charge in [0.15, 0.2) is 15.7 Å². The molecular weight excluding hydrogens is 482 g/mol. The lowest BCUT2D eigenvalue weighted by Gasteiger charge is -2.26. The predicted molar refractivity (Wildman–Crippen MR) is 114 cm³/mol. The molecule has 0 radical (unpaired) electrons. The summed E-state index contributed by atoms with van der Waals surface area (Å²) in [5.41, 5.74) is 0.663. The number of amides is 1. The van der Waals surface area contributed by atoms with E-state index in [2.05, 4.69) is 31.2 Å². The molecule has 7 nitrogen and oxygen atoms in total. The van der Waals surface area contributed by atoms with Crippen LogP contribution in [0.2, 0.25) is 5.02 Å². The third kappa shape index (κ3) is 5.97. The summed E-state index contributed by atoms with van der Waals surface area (Å²) >= 11 is 9.44. The largest absolute Gasteiger partial charge is 0.381 e. The van der Waals surface area contributed by atoms with Crippen molar-refractivity contribution in [3.63, 3.8) is 0 Å². The smallest absolute Gasteiger partial charge is 0.233 e. The maximum Gasteiger partial charge on any atom is 0.233 e. The molecule has 0 bridgehead atoms. The van der Waals surface area contributed by atoms with Crippen LogP contribution in [0, 0.1) is 5.92 Å². The predicted octanol–water partition coefficient (Wildman–Crippen LogP) is 3.84. The van der Waals surface area contributed by atoms with Crippen LogP contribution in [0.1, 0.15) is 30.7 Å². The quantitative estimate of drug-likeness (QED) is 0.644. The molecular formula is C19H21BrClN3O4S. The van der Waals surface area contributed by atoms with Crippen molar-refractivity contribution in [1.29, 1.82) is 0 Å². The van der Waals surface area contributed by atoms with Gasteiger partial charge in [-0.15, -0.1) is 0 Å². The van der Waals surface area contributed by atoms with Gasteiger partial charge in [0.25, 0.3) is 0 Å². The molecule has 10 heteroatoms. The maximum absolute atomic E-state index is 13.1. The number of nitrogens with one attached hydrogen (secondary N) is 1. The first-order valence-electron chi connectivity index (χ1n) is 9.09. The Morgan fingerprint density at radius 2 is 2.03 bits per heavy atom. The molecule has 1 saturated heterocycles. The highest BCUT2D eigenvalue weighted by atomic mass is 79.9. The first-order valence-corrected chi connectivity index (χ1v) is 12.2. The standard InChI is InChI=1S/C19H21BrClN3O4S/c1-29(26,27)16-3-2-13(9-15(16)21)14(8-12-4-6-28-7-5-12)19(25)24-18-11-22-17(20)10-23-18/h2-3,9-12,14H,4-8H2,1H3,(H,23,24,25). The van der Waals surface area contributed by atoms with Crippen LogP contribution in [0.4, 0.5) is 5.82 Å². The number of hydrogen-bond donors (Lipinski definition) is 1. The van der Waals surface area contributed by atoms with Gasteiger partial charge in [0.2, 0.25) is 5.91 Å². The summed E-state index contributed by atoms with van der Waals surface area (Å²) in [6, 6.07) is 4.67. The van der Waals surface area contributed by atoms with Gasteiger partial charge < -0.3 is 10.1 Å². The molecule has 2 aromatic rings. The number of aromatic nitrogens is 2. The van der Waals surface area contributed by atoms with Gasteiger partial charge in [-0.2, -0.15) is 0 Å². The molecule has 0 aliphatic carbocycles. The van der Waals surface area contributed by atoms with E-state index in [1.165, 1.54) is 18.5 Å². The number of hydrogen-bond acceptors (Lipinski definition) is 6. The zero-order chi connectivity index (χ0) is 21.0. The molecule has 3 rings (SSSR count). The van der Waals surface area contributed by atoms with Crippen molar-refractivity contribution in [2.45, 2.75) is 30.1 Å². The summed E-state index contributed by atoms with van der Waals surface area (Å²) in [7, 11) is -3.45. The van der Waals surface area contributed by atoms with E-state index in [0.717, 1.165) is 19.1 Å². The SMILES string of the molecule is CS(=O)(=O)c1ccc(C(CC2CCOCC2)C(=O)Nc2cnc(Br)cn2)cc1Cl. The number of halogens is 2. The summed E-state index contributed by atoms with van der Waals surface area (Å²) < 4.78 is 29.7. The summed E-state index contributed by atoms with van der Waals surface area (Å²) in [6.07, 6.45) is 6.42. The number of carbonyl (C=O) groups is 1. The van der Waals surface area contributed by atoms with Crippen molar-refractivity contribution in [1.82, 2.24) is 9.97 Å². The fourth-order valence-corrected chi connectivity index (χ4v) is 4.88. The Morgan fingerprint density at radius 1 is 1.31 bits per heavy atom.